The average molecular weight is 220 g/mol. The summed E-state index contributed by atoms with van der Waals surface area (Å²) in [4.78, 5) is 12.0. The minimum absolute atomic E-state index is 0.457. The number of carbonyl (C=O) groups excluding carboxylic acids is 1. The molecular formula is C15H24O. The van der Waals surface area contributed by atoms with E-state index in [1.165, 1.54) is 57.8 Å². The second-order valence-electron chi connectivity index (χ2n) is 6.42. The predicted octanol–water partition coefficient (Wildman–Crippen LogP) is 3.96. The Hall–Kier alpha value is -0.330. The first kappa shape index (κ1) is 10.8. The Balaban J connectivity index is 1.44. The molecule has 2 bridgehead atoms. The van der Waals surface area contributed by atoms with Crippen LogP contribution in [0.2, 0.25) is 0 Å². The largest absolute Gasteiger partial charge is 0.299 e. The third-order valence-electron chi connectivity index (χ3n) is 5.46. The van der Waals surface area contributed by atoms with Gasteiger partial charge in [0.25, 0.3) is 0 Å². The summed E-state index contributed by atoms with van der Waals surface area (Å²) in [6, 6.07) is 0. The van der Waals surface area contributed by atoms with Crippen molar-refractivity contribution in [2.45, 2.75) is 64.2 Å². The molecule has 0 aromatic heterocycles. The van der Waals surface area contributed by atoms with E-state index in [-0.39, 0.29) is 0 Å². The molecule has 0 aromatic rings. The molecule has 16 heavy (non-hydrogen) atoms. The number of rotatable bonds is 4. The smallest absolute Gasteiger partial charge is 0.135 e. The van der Waals surface area contributed by atoms with Crippen LogP contribution in [0.4, 0.5) is 0 Å². The van der Waals surface area contributed by atoms with Crippen LogP contribution < -0.4 is 0 Å². The zero-order chi connectivity index (χ0) is 11.0. The fraction of sp³-hybridized carbons (Fsp3) is 0.933. The molecule has 0 saturated heterocycles. The first-order valence-electron chi connectivity index (χ1n) is 7.35. The molecule has 3 aliphatic rings. The van der Waals surface area contributed by atoms with E-state index in [2.05, 4.69) is 0 Å². The lowest BCUT2D eigenvalue weighted by Crippen LogP contribution is -2.15. The SMILES string of the molecule is O=C(CCC1CC2CCC1C2)C1CCCC1. The molecule has 3 fully saturated rings. The highest BCUT2D eigenvalue weighted by Gasteiger charge is 2.39. The Morgan fingerprint density at radius 3 is 2.44 bits per heavy atom. The van der Waals surface area contributed by atoms with Gasteiger partial charge in [-0.2, -0.15) is 0 Å². The normalized spacial score (nSPS) is 38.4. The fourth-order valence-corrected chi connectivity index (χ4v) is 4.51. The van der Waals surface area contributed by atoms with E-state index in [1.54, 1.807) is 0 Å². The Bertz CT molecular complexity index is 265. The molecule has 3 aliphatic carbocycles. The highest BCUT2D eigenvalue weighted by Crippen LogP contribution is 2.50. The number of hydrogen-bond donors (Lipinski definition) is 0. The summed E-state index contributed by atoms with van der Waals surface area (Å²) < 4.78 is 0. The average Bonchev–Trinajstić information content (AvgIpc) is 3.01. The minimum atomic E-state index is 0.457. The topological polar surface area (TPSA) is 17.1 Å². The van der Waals surface area contributed by atoms with Gasteiger partial charge in [-0.05, 0) is 56.3 Å². The Morgan fingerprint density at radius 1 is 1.00 bits per heavy atom. The predicted molar refractivity (Wildman–Crippen MR) is 65.1 cm³/mol. The quantitative estimate of drug-likeness (QED) is 0.701. The van der Waals surface area contributed by atoms with E-state index < -0.39 is 0 Å². The number of ketones is 1. The summed E-state index contributed by atoms with van der Waals surface area (Å²) in [6.45, 7) is 0. The van der Waals surface area contributed by atoms with Crippen molar-refractivity contribution in [3.8, 4) is 0 Å². The summed E-state index contributed by atoms with van der Waals surface area (Å²) in [5.41, 5.74) is 0. The third kappa shape index (κ3) is 2.06. The van der Waals surface area contributed by atoms with Gasteiger partial charge in [0, 0.05) is 12.3 Å². The molecule has 3 unspecified atom stereocenters. The molecule has 90 valence electrons. The molecule has 0 spiro atoms. The van der Waals surface area contributed by atoms with E-state index in [0.29, 0.717) is 11.7 Å². The van der Waals surface area contributed by atoms with Gasteiger partial charge >= 0.3 is 0 Å². The number of Topliss-reactive ketones (excluding diaryl/α,β-unsaturated/α-hetero) is 1. The van der Waals surface area contributed by atoms with Gasteiger partial charge in [0.05, 0.1) is 0 Å². The van der Waals surface area contributed by atoms with Crippen LogP contribution in [0.5, 0.6) is 0 Å². The lowest BCUT2D eigenvalue weighted by atomic mass is 9.84. The molecule has 1 nitrogen and oxygen atoms in total. The molecule has 0 radical (unpaired) electrons. The maximum absolute atomic E-state index is 12.0. The van der Waals surface area contributed by atoms with Crippen LogP contribution >= 0.6 is 0 Å². The minimum Gasteiger partial charge on any atom is -0.299 e. The summed E-state index contributed by atoms with van der Waals surface area (Å²) in [7, 11) is 0. The molecule has 3 saturated carbocycles. The van der Waals surface area contributed by atoms with Gasteiger partial charge in [0.1, 0.15) is 5.78 Å². The fourth-order valence-electron chi connectivity index (χ4n) is 4.51. The van der Waals surface area contributed by atoms with Crippen molar-refractivity contribution in [1.29, 1.82) is 0 Å². The van der Waals surface area contributed by atoms with Crippen molar-refractivity contribution in [2.24, 2.45) is 23.7 Å². The van der Waals surface area contributed by atoms with Crippen LogP contribution in [0.3, 0.4) is 0 Å². The first-order chi connectivity index (χ1) is 7.83. The second-order valence-corrected chi connectivity index (χ2v) is 6.42. The van der Waals surface area contributed by atoms with Gasteiger partial charge in [0.15, 0.2) is 0 Å². The van der Waals surface area contributed by atoms with E-state index in [1.807, 2.05) is 0 Å². The second kappa shape index (κ2) is 4.50. The van der Waals surface area contributed by atoms with Gasteiger partial charge in [0.2, 0.25) is 0 Å². The monoisotopic (exact) mass is 220 g/mol. The molecule has 0 aliphatic heterocycles. The molecule has 0 heterocycles. The molecule has 3 rings (SSSR count). The van der Waals surface area contributed by atoms with Crippen molar-refractivity contribution < 1.29 is 4.79 Å². The summed E-state index contributed by atoms with van der Waals surface area (Å²) in [5, 5.41) is 0. The van der Waals surface area contributed by atoms with Crippen molar-refractivity contribution in [3.63, 3.8) is 0 Å². The lowest BCUT2D eigenvalue weighted by molar-refractivity contribution is -0.123. The molecule has 1 heteroatoms. The molecular weight excluding hydrogens is 196 g/mol. The standard InChI is InChI=1S/C15H24O/c16-15(12-3-1-2-4-12)8-7-14-10-11-5-6-13(14)9-11/h11-14H,1-10H2. The molecule has 0 amide bonds. The van der Waals surface area contributed by atoms with Crippen LogP contribution in [0, 0.1) is 23.7 Å². The first-order valence-corrected chi connectivity index (χ1v) is 7.35. The van der Waals surface area contributed by atoms with Crippen LogP contribution in [0.25, 0.3) is 0 Å². The van der Waals surface area contributed by atoms with Gasteiger partial charge in [-0.25, -0.2) is 0 Å². The Morgan fingerprint density at radius 2 is 1.81 bits per heavy atom. The van der Waals surface area contributed by atoms with E-state index in [0.717, 1.165) is 24.2 Å². The van der Waals surface area contributed by atoms with Crippen molar-refractivity contribution >= 4 is 5.78 Å². The Labute approximate surface area is 99.0 Å². The summed E-state index contributed by atoms with van der Waals surface area (Å²) in [5.74, 6) is 4.01. The highest BCUT2D eigenvalue weighted by molar-refractivity contribution is 5.81. The number of hydrogen-bond acceptors (Lipinski definition) is 1. The third-order valence-corrected chi connectivity index (χ3v) is 5.46. The molecule has 0 N–H and O–H groups in total. The zero-order valence-electron chi connectivity index (χ0n) is 10.3. The summed E-state index contributed by atoms with van der Waals surface area (Å²) >= 11 is 0. The van der Waals surface area contributed by atoms with Crippen LogP contribution in [-0.2, 0) is 4.79 Å². The van der Waals surface area contributed by atoms with Crippen molar-refractivity contribution in [2.75, 3.05) is 0 Å². The number of fused-ring (bicyclic) bond motifs is 2. The van der Waals surface area contributed by atoms with E-state index in [9.17, 15) is 4.79 Å². The maximum atomic E-state index is 12.0. The molecule has 0 aromatic carbocycles. The highest BCUT2D eigenvalue weighted by atomic mass is 16.1. The van der Waals surface area contributed by atoms with E-state index in [4.69, 9.17) is 0 Å². The van der Waals surface area contributed by atoms with E-state index >= 15 is 0 Å². The van der Waals surface area contributed by atoms with Gasteiger partial charge in [-0.1, -0.05) is 19.3 Å². The van der Waals surface area contributed by atoms with Gasteiger partial charge in [-0.15, -0.1) is 0 Å². The van der Waals surface area contributed by atoms with Gasteiger partial charge in [-0.3, -0.25) is 4.79 Å². The molecule has 3 atom stereocenters. The number of carbonyl (C=O) groups is 1. The maximum Gasteiger partial charge on any atom is 0.135 e. The Kier molecular flexibility index (Phi) is 3.04. The van der Waals surface area contributed by atoms with Crippen LogP contribution in [-0.4, -0.2) is 5.78 Å². The van der Waals surface area contributed by atoms with Crippen LogP contribution in [0.1, 0.15) is 64.2 Å². The van der Waals surface area contributed by atoms with Crippen LogP contribution in [0.15, 0.2) is 0 Å². The lowest BCUT2D eigenvalue weighted by Gasteiger charge is -2.21. The summed E-state index contributed by atoms with van der Waals surface area (Å²) in [6.07, 6.45) is 13.0. The zero-order valence-corrected chi connectivity index (χ0v) is 10.3. The van der Waals surface area contributed by atoms with Gasteiger partial charge < -0.3 is 0 Å². The van der Waals surface area contributed by atoms with Crippen molar-refractivity contribution in [1.82, 2.24) is 0 Å². The van der Waals surface area contributed by atoms with Crippen molar-refractivity contribution in [3.05, 3.63) is 0 Å².